The van der Waals surface area contributed by atoms with Gasteiger partial charge in [-0.05, 0) is 43.2 Å². The van der Waals surface area contributed by atoms with Gasteiger partial charge in [-0.25, -0.2) is 8.78 Å². The summed E-state index contributed by atoms with van der Waals surface area (Å²) in [4.78, 5) is 4.99. The normalized spacial score (nSPS) is 10.7. The summed E-state index contributed by atoms with van der Waals surface area (Å²) in [5.74, 6) is -1.10. The summed E-state index contributed by atoms with van der Waals surface area (Å²) in [5.41, 5.74) is 9.41. The zero-order chi connectivity index (χ0) is 14.0. The summed E-state index contributed by atoms with van der Waals surface area (Å²) in [7, 11) is 0. The van der Waals surface area contributed by atoms with Crippen molar-refractivity contribution in [1.29, 1.82) is 0 Å². The fraction of sp³-hybridized carbons (Fsp3) is 0.214. The van der Waals surface area contributed by atoms with E-state index in [4.69, 9.17) is 5.73 Å². The average molecular weight is 280 g/mol. The molecule has 1 aromatic heterocycles. The first-order valence-corrected chi connectivity index (χ1v) is 6.76. The van der Waals surface area contributed by atoms with Crippen LogP contribution in [0.2, 0.25) is 0 Å². The number of hydrogen-bond acceptors (Lipinski definition) is 3. The number of pyridine rings is 1. The van der Waals surface area contributed by atoms with Crippen molar-refractivity contribution in [3.8, 4) is 0 Å². The van der Waals surface area contributed by atoms with Crippen LogP contribution in [0.5, 0.6) is 0 Å². The molecule has 0 fully saturated rings. The first kappa shape index (κ1) is 13.8. The lowest BCUT2D eigenvalue weighted by Crippen LogP contribution is -2.00. The van der Waals surface area contributed by atoms with Gasteiger partial charge in [0.1, 0.15) is 0 Å². The van der Waals surface area contributed by atoms with E-state index in [9.17, 15) is 8.78 Å². The molecule has 0 amide bonds. The van der Waals surface area contributed by atoms with E-state index >= 15 is 0 Å². The maximum absolute atomic E-state index is 13.1. The van der Waals surface area contributed by atoms with E-state index in [-0.39, 0.29) is 0 Å². The van der Waals surface area contributed by atoms with Crippen LogP contribution in [-0.4, -0.2) is 4.98 Å². The fourth-order valence-corrected chi connectivity index (χ4v) is 2.60. The molecule has 2 N–H and O–H groups in total. The van der Waals surface area contributed by atoms with Crippen molar-refractivity contribution in [2.75, 3.05) is 5.73 Å². The highest BCUT2D eigenvalue weighted by atomic mass is 32.2. The number of thioether (sulfide) groups is 1. The maximum Gasteiger partial charge on any atom is 0.159 e. The first-order chi connectivity index (χ1) is 8.99. The van der Waals surface area contributed by atoms with Crippen LogP contribution in [0.1, 0.15) is 16.8 Å². The second kappa shape index (κ2) is 5.57. The number of aryl methyl sites for hydroxylation is 1. The summed E-state index contributed by atoms with van der Waals surface area (Å²) in [6.07, 6.45) is 1.73. The molecule has 1 heterocycles. The Morgan fingerprint density at radius 2 is 1.95 bits per heavy atom. The van der Waals surface area contributed by atoms with Gasteiger partial charge in [0, 0.05) is 22.5 Å². The van der Waals surface area contributed by atoms with E-state index in [1.165, 1.54) is 17.8 Å². The van der Waals surface area contributed by atoms with Crippen LogP contribution in [0, 0.1) is 25.5 Å². The molecule has 100 valence electrons. The van der Waals surface area contributed by atoms with E-state index in [0.29, 0.717) is 10.6 Å². The fourth-order valence-electron chi connectivity index (χ4n) is 1.66. The Morgan fingerprint density at radius 3 is 2.63 bits per heavy atom. The van der Waals surface area contributed by atoms with E-state index in [2.05, 4.69) is 4.98 Å². The molecule has 0 saturated heterocycles. The van der Waals surface area contributed by atoms with Crippen LogP contribution in [-0.2, 0) is 5.75 Å². The molecule has 0 unspecified atom stereocenters. The van der Waals surface area contributed by atoms with Crippen LogP contribution in [0.25, 0.3) is 0 Å². The third-order valence-electron chi connectivity index (χ3n) is 2.94. The van der Waals surface area contributed by atoms with E-state index in [1.54, 1.807) is 12.3 Å². The number of nitrogens with zero attached hydrogens (tertiary/aromatic N) is 1. The molecule has 0 spiro atoms. The lowest BCUT2D eigenvalue weighted by molar-refractivity contribution is 0.506. The number of halogens is 2. The Hall–Kier alpha value is -1.62. The molecule has 0 aliphatic heterocycles. The molecule has 1 aromatic carbocycles. The molecule has 2 aromatic rings. The van der Waals surface area contributed by atoms with Gasteiger partial charge in [0.05, 0.1) is 5.69 Å². The van der Waals surface area contributed by atoms with Gasteiger partial charge in [-0.3, -0.25) is 4.98 Å². The smallest absolute Gasteiger partial charge is 0.159 e. The van der Waals surface area contributed by atoms with E-state index in [0.717, 1.165) is 28.6 Å². The lowest BCUT2D eigenvalue weighted by atomic mass is 10.1. The van der Waals surface area contributed by atoms with Gasteiger partial charge >= 0.3 is 0 Å². The Morgan fingerprint density at radius 1 is 1.21 bits per heavy atom. The third kappa shape index (κ3) is 3.04. The van der Waals surface area contributed by atoms with Crippen molar-refractivity contribution in [3.05, 3.63) is 52.9 Å². The highest BCUT2D eigenvalue weighted by Gasteiger charge is 2.08. The van der Waals surface area contributed by atoms with Crippen molar-refractivity contribution < 1.29 is 8.78 Å². The molecule has 0 saturated carbocycles. The quantitative estimate of drug-likeness (QED) is 0.868. The van der Waals surface area contributed by atoms with Crippen LogP contribution >= 0.6 is 11.8 Å². The minimum absolute atomic E-state index is 0.571. The molecule has 2 nitrogen and oxygen atoms in total. The molecular formula is C14H14F2N2S. The topological polar surface area (TPSA) is 38.9 Å². The van der Waals surface area contributed by atoms with Gasteiger partial charge in [-0.15, -0.1) is 11.8 Å². The van der Waals surface area contributed by atoms with Crippen molar-refractivity contribution >= 4 is 17.4 Å². The number of aromatic nitrogens is 1. The zero-order valence-corrected chi connectivity index (χ0v) is 11.5. The number of nitrogens with two attached hydrogens (primary N) is 1. The standard InChI is InChI=1S/C14H14F2N2S/c1-8-6-18-13(9(2)14(8)17)7-19-10-3-4-11(15)12(16)5-10/h3-6H,7H2,1-2H3,(H2,17,18). The van der Waals surface area contributed by atoms with Crippen molar-refractivity contribution in [2.24, 2.45) is 0 Å². The van der Waals surface area contributed by atoms with Crippen molar-refractivity contribution in [1.82, 2.24) is 4.98 Å². The van der Waals surface area contributed by atoms with E-state index < -0.39 is 11.6 Å². The summed E-state index contributed by atoms with van der Waals surface area (Å²) in [6.45, 7) is 3.82. The monoisotopic (exact) mass is 280 g/mol. The molecule has 0 aliphatic carbocycles. The second-order valence-electron chi connectivity index (χ2n) is 4.29. The van der Waals surface area contributed by atoms with Gasteiger partial charge < -0.3 is 5.73 Å². The first-order valence-electron chi connectivity index (χ1n) is 5.77. The third-order valence-corrected chi connectivity index (χ3v) is 3.95. The van der Waals surface area contributed by atoms with Crippen molar-refractivity contribution in [3.63, 3.8) is 0 Å². The van der Waals surface area contributed by atoms with Crippen LogP contribution in [0.4, 0.5) is 14.5 Å². The zero-order valence-electron chi connectivity index (χ0n) is 10.7. The Balaban J connectivity index is 2.14. The number of anilines is 1. The minimum Gasteiger partial charge on any atom is -0.398 e. The number of rotatable bonds is 3. The molecule has 5 heteroatoms. The molecule has 19 heavy (non-hydrogen) atoms. The Kier molecular flexibility index (Phi) is 4.04. The average Bonchev–Trinajstić information content (AvgIpc) is 2.39. The molecule has 0 aliphatic rings. The van der Waals surface area contributed by atoms with E-state index in [1.807, 2.05) is 13.8 Å². The Bertz CT molecular complexity index is 615. The molecule has 0 atom stereocenters. The summed E-state index contributed by atoms with van der Waals surface area (Å²) in [6, 6.07) is 3.87. The summed E-state index contributed by atoms with van der Waals surface area (Å²) in [5, 5.41) is 0. The second-order valence-corrected chi connectivity index (χ2v) is 5.34. The minimum atomic E-state index is -0.835. The lowest BCUT2D eigenvalue weighted by Gasteiger charge is -2.09. The summed E-state index contributed by atoms with van der Waals surface area (Å²) < 4.78 is 25.9. The van der Waals surface area contributed by atoms with Gasteiger partial charge in [0.2, 0.25) is 0 Å². The van der Waals surface area contributed by atoms with Gasteiger partial charge in [0.25, 0.3) is 0 Å². The largest absolute Gasteiger partial charge is 0.398 e. The SMILES string of the molecule is Cc1cnc(CSc2ccc(F)c(F)c2)c(C)c1N. The summed E-state index contributed by atoms with van der Waals surface area (Å²) >= 11 is 1.40. The molecule has 2 rings (SSSR count). The van der Waals surface area contributed by atoms with Crippen molar-refractivity contribution in [2.45, 2.75) is 24.5 Å². The highest BCUT2D eigenvalue weighted by Crippen LogP contribution is 2.27. The molecular weight excluding hydrogens is 266 g/mol. The number of hydrogen-bond donors (Lipinski definition) is 1. The number of benzene rings is 1. The number of nitrogen functional groups attached to an aromatic ring is 1. The van der Waals surface area contributed by atoms with Gasteiger partial charge in [-0.2, -0.15) is 0 Å². The Labute approximate surface area is 115 Å². The predicted octanol–water partition coefficient (Wildman–Crippen LogP) is 3.85. The van der Waals surface area contributed by atoms with Gasteiger partial charge in [-0.1, -0.05) is 0 Å². The molecule has 0 radical (unpaired) electrons. The van der Waals surface area contributed by atoms with Crippen LogP contribution < -0.4 is 5.73 Å². The maximum atomic E-state index is 13.1. The highest BCUT2D eigenvalue weighted by molar-refractivity contribution is 7.98. The van der Waals surface area contributed by atoms with Crippen LogP contribution in [0.15, 0.2) is 29.3 Å². The molecule has 0 bridgehead atoms. The predicted molar refractivity (Wildman–Crippen MR) is 74.0 cm³/mol. The van der Waals surface area contributed by atoms with Crippen LogP contribution in [0.3, 0.4) is 0 Å². The van der Waals surface area contributed by atoms with Gasteiger partial charge in [0.15, 0.2) is 11.6 Å².